The van der Waals surface area contributed by atoms with Crippen molar-refractivity contribution in [2.24, 2.45) is 0 Å². The van der Waals surface area contributed by atoms with Crippen LogP contribution in [0.1, 0.15) is 96.8 Å². The first kappa shape index (κ1) is 32.9. The molecule has 0 amide bonds. The van der Waals surface area contributed by atoms with E-state index in [9.17, 15) is 4.79 Å². The van der Waals surface area contributed by atoms with Gasteiger partial charge in [0.15, 0.2) is 0 Å². The number of nitrogens with one attached hydrogen (secondary N) is 1. The van der Waals surface area contributed by atoms with Crippen molar-refractivity contribution in [1.29, 1.82) is 0 Å². The maximum absolute atomic E-state index is 10.7. The van der Waals surface area contributed by atoms with Crippen molar-refractivity contribution in [3.05, 3.63) is 12.2 Å². The van der Waals surface area contributed by atoms with E-state index in [1.807, 2.05) is 0 Å². The monoisotopic (exact) mass is 451 g/mol. The van der Waals surface area contributed by atoms with Gasteiger partial charge in [0, 0.05) is 71.0 Å². The van der Waals surface area contributed by atoms with Gasteiger partial charge in [-0.3, -0.25) is 9.69 Å². The molecule has 0 aliphatic rings. The number of hydrogen-bond donors (Lipinski definition) is 3. The Labute approximate surface area is 228 Å². The van der Waals surface area contributed by atoms with E-state index in [4.69, 9.17) is 10.2 Å². The van der Waals surface area contributed by atoms with Gasteiger partial charge in [-0.15, -0.1) is 0 Å². The van der Waals surface area contributed by atoms with Gasteiger partial charge >= 0.3 is 5.97 Å². The summed E-state index contributed by atoms with van der Waals surface area (Å²) in [6.07, 6.45) is 23.3. The van der Waals surface area contributed by atoms with Gasteiger partial charge in [-0.05, 0) is 38.6 Å². The van der Waals surface area contributed by atoms with Crippen LogP contribution in [0.25, 0.3) is 0 Å². The fourth-order valence-corrected chi connectivity index (χ4v) is 3.46. The van der Waals surface area contributed by atoms with Gasteiger partial charge in [0.1, 0.15) is 0 Å². The van der Waals surface area contributed by atoms with Crippen LogP contribution in [0.3, 0.4) is 0 Å². The number of carboxylic acid groups (broad SMARTS) is 1. The van der Waals surface area contributed by atoms with E-state index < -0.39 is 5.97 Å². The van der Waals surface area contributed by atoms with Crippen molar-refractivity contribution < 1.29 is 15.0 Å². The van der Waals surface area contributed by atoms with E-state index in [-0.39, 0.29) is 64.5 Å². The first-order chi connectivity index (χ1) is 14.2. The van der Waals surface area contributed by atoms with E-state index in [0.29, 0.717) is 13.1 Å². The molecule has 0 rings (SSSR count). The molecule has 5 nitrogen and oxygen atoms in total. The third kappa shape index (κ3) is 26.8. The number of aliphatic carboxylic acids is 1. The number of aliphatic hydroxyl groups excluding tert-OH is 1. The summed E-state index contributed by atoms with van der Waals surface area (Å²) in [4.78, 5) is 12.5. The van der Waals surface area contributed by atoms with Crippen LogP contribution in [0, 0.1) is 0 Å². The zero-order chi connectivity index (χ0) is 21.4. The molecule has 0 saturated carbocycles. The molecule has 0 fully saturated rings. The summed E-state index contributed by atoms with van der Waals surface area (Å²) in [5, 5.41) is 21.1. The van der Waals surface area contributed by atoms with Crippen LogP contribution in [0.2, 0.25) is 0 Å². The van der Waals surface area contributed by atoms with Crippen LogP contribution in [-0.4, -0.2) is 112 Å². The molecule has 30 heavy (non-hydrogen) atoms. The van der Waals surface area contributed by atoms with E-state index in [1.54, 1.807) is 4.90 Å². The number of carbonyl (C=O) groups is 1. The second-order valence-electron chi connectivity index (χ2n) is 8.08. The second kappa shape index (κ2) is 27.8. The van der Waals surface area contributed by atoms with E-state index >= 15 is 0 Å². The summed E-state index contributed by atoms with van der Waals surface area (Å²) < 4.78 is 0. The van der Waals surface area contributed by atoms with Crippen molar-refractivity contribution in [3.8, 4) is 0 Å². The van der Waals surface area contributed by atoms with Gasteiger partial charge in [-0.1, -0.05) is 76.9 Å². The standard InChI is InChI=1S/C24H48N2O3.K/c1-2-3-4-5-6-7-8-9-10-11-12-13-14-15-16-17-18-25-19-20-26(21-22-27)23-24(28)29;/h9-10,25,27H,2-8,11-23H2,1H3,(H,28,29);/b10-9-;. The average Bonchev–Trinajstić information content (AvgIpc) is 2.69. The van der Waals surface area contributed by atoms with Crippen molar-refractivity contribution >= 4 is 57.4 Å². The summed E-state index contributed by atoms with van der Waals surface area (Å²) in [5.74, 6) is -0.841. The second-order valence-corrected chi connectivity index (χ2v) is 8.08. The first-order valence-corrected chi connectivity index (χ1v) is 12.1. The quantitative estimate of drug-likeness (QED) is 0.120. The molecule has 0 atom stereocenters. The molecule has 0 aromatic heterocycles. The van der Waals surface area contributed by atoms with E-state index in [2.05, 4.69) is 24.4 Å². The predicted molar refractivity (Wildman–Crippen MR) is 129 cm³/mol. The van der Waals surface area contributed by atoms with Crippen LogP contribution in [0.15, 0.2) is 12.2 Å². The Morgan fingerprint density at radius 1 is 0.800 bits per heavy atom. The maximum atomic E-state index is 10.7. The van der Waals surface area contributed by atoms with E-state index in [1.165, 1.54) is 89.9 Å². The number of aliphatic hydroxyl groups is 1. The summed E-state index contributed by atoms with van der Waals surface area (Å²) >= 11 is 0. The third-order valence-electron chi connectivity index (χ3n) is 5.25. The molecule has 0 aromatic carbocycles. The van der Waals surface area contributed by atoms with Gasteiger partial charge in [0.05, 0.1) is 13.2 Å². The van der Waals surface area contributed by atoms with Crippen molar-refractivity contribution in [1.82, 2.24) is 10.2 Å². The largest absolute Gasteiger partial charge is 0.480 e. The maximum Gasteiger partial charge on any atom is 0.317 e. The first-order valence-electron chi connectivity index (χ1n) is 12.1. The number of carboxylic acids is 1. The van der Waals surface area contributed by atoms with Gasteiger partial charge < -0.3 is 15.5 Å². The minimum atomic E-state index is -0.841. The molecule has 173 valence electrons. The van der Waals surface area contributed by atoms with Crippen molar-refractivity contribution in [2.75, 3.05) is 39.3 Å². The zero-order valence-corrected chi connectivity index (χ0v) is 23.2. The molecule has 0 aliphatic heterocycles. The summed E-state index contributed by atoms with van der Waals surface area (Å²) in [7, 11) is 0. The molecule has 0 unspecified atom stereocenters. The fourth-order valence-electron chi connectivity index (χ4n) is 3.46. The number of unbranched alkanes of at least 4 members (excludes halogenated alkanes) is 12. The molecule has 0 heterocycles. The van der Waals surface area contributed by atoms with Crippen LogP contribution >= 0.6 is 0 Å². The molecular weight excluding hydrogens is 403 g/mol. The summed E-state index contributed by atoms with van der Waals surface area (Å²) in [6, 6.07) is 0. The zero-order valence-electron chi connectivity index (χ0n) is 20.0. The normalized spacial score (nSPS) is 11.3. The molecule has 1 radical (unpaired) electrons. The smallest absolute Gasteiger partial charge is 0.317 e. The van der Waals surface area contributed by atoms with Crippen molar-refractivity contribution in [2.45, 2.75) is 96.8 Å². The number of nitrogens with zero attached hydrogens (tertiary/aromatic N) is 1. The Kier molecular flexibility index (Phi) is 30.4. The number of hydrogen-bond acceptors (Lipinski definition) is 4. The Morgan fingerprint density at radius 2 is 1.33 bits per heavy atom. The van der Waals surface area contributed by atoms with Crippen LogP contribution < -0.4 is 5.32 Å². The Balaban J connectivity index is 0. The molecule has 3 N–H and O–H groups in total. The van der Waals surface area contributed by atoms with Crippen molar-refractivity contribution in [3.63, 3.8) is 0 Å². The molecule has 0 bridgehead atoms. The van der Waals surface area contributed by atoms with E-state index in [0.717, 1.165) is 13.1 Å². The van der Waals surface area contributed by atoms with Gasteiger partial charge in [-0.25, -0.2) is 0 Å². The van der Waals surface area contributed by atoms with Crippen LogP contribution in [0.4, 0.5) is 0 Å². The van der Waals surface area contributed by atoms with Crippen LogP contribution in [-0.2, 0) is 4.79 Å². The van der Waals surface area contributed by atoms with Gasteiger partial charge in [0.2, 0.25) is 0 Å². The van der Waals surface area contributed by atoms with Gasteiger partial charge in [-0.2, -0.15) is 0 Å². The fraction of sp³-hybridized carbons (Fsp3) is 0.875. The Bertz CT molecular complexity index is 381. The molecule has 6 heteroatoms. The summed E-state index contributed by atoms with van der Waals surface area (Å²) in [5.41, 5.74) is 0. The number of rotatable bonds is 23. The third-order valence-corrected chi connectivity index (χ3v) is 5.25. The Morgan fingerprint density at radius 3 is 1.87 bits per heavy atom. The molecule has 0 aliphatic carbocycles. The number of allylic oxidation sites excluding steroid dienone is 2. The minimum Gasteiger partial charge on any atom is -0.480 e. The average molecular weight is 452 g/mol. The minimum absolute atomic E-state index is 0. The van der Waals surface area contributed by atoms with Crippen LogP contribution in [0.5, 0.6) is 0 Å². The SMILES string of the molecule is CCCCCCCC/C=C\CCCCCCCCNCCN(CCO)CC(=O)O.[K]. The molecule has 0 saturated heterocycles. The topological polar surface area (TPSA) is 72.8 Å². The predicted octanol–water partition coefficient (Wildman–Crippen LogP) is 4.61. The molecule has 0 aromatic rings. The molecular formula is C24H48KN2O3. The summed E-state index contributed by atoms with van der Waals surface area (Å²) in [6.45, 7) is 5.11. The molecule has 0 spiro atoms. The van der Waals surface area contributed by atoms with Gasteiger partial charge in [0.25, 0.3) is 0 Å². The Hall–Kier alpha value is 0.726.